The van der Waals surface area contributed by atoms with Crippen molar-refractivity contribution < 1.29 is 4.74 Å². The van der Waals surface area contributed by atoms with Crippen LogP contribution in [0.25, 0.3) is 0 Å². The third kappa shape index (κ3) is 3.04. The molecule has 2 unspecified atom stereocenters. The van der Waals surface area contributed by atoms with Crippen molar-refractivity contribution in [2.24, 2.45) is 0 Å². The molecule has 0 aliphatic carbocycles. The highest BCUT2D eigenvalue weighted by Gasteiger charge is 2.15. The third-order valence-corrected chi connectivity index (χ3v) is 2.96. The van der Waals surface area contributed by atoms with Crippen molar-refractivity contribution in [3.8, 4) is 0 Å². The standard InChI is InChI=1S/C11H19N3O/c1-9(10-7-12-13-8-10)14-11-3-2-5-15-6-4-11/h7-9,11,14H,2-6H2,1H3,(H,12,13). The summed E-state index contributed by atoms with van der Waals surface area (Å²) in [5.74, 6) is 0. The van der Waals surface area contributed by atoms with E-state index in [9.17, 15) is 0 Å². The fourth-order valence-corrected chi connectivity index (χ4v) is 2.02. The van der Waals surface area contributed by atoms with Gasteiger partial charge in [-0.05, 0) is 26.2 Å². The summed E-state index contributed by atoms with van der Waals surface area (Å²) in [6.07, 6.45) is 7.32. The van der Waals surface area contributed by atoms with E-state index < -0.39 is 0 Å². The van der Waals surface area contributed by atoms with Gasteiger partial charge in [0.25, 0.3) is 0 Å². The Kier molecular flexibility index (Phi) is 3.75. The Hall–Kier alpha value is -0.870. The monoisotopic (exact) mass is 209 g/mol. The smallest absolute Gasteiger partial charge is 0.0534 e. The second-order valence-electron chi connectivity index (χ2n) is 4.16. The van der Waals surface area contributed by atoms with E-state index >= 15 is 0 Å². The minimum atomic E-state index is 0.367. The molecule has 2 rings (SSSR count). The van der Waals surface area contributed by atoms with Gasteiger partial charge in [0.15, 0.2) is 0 Å². The van der Waals surface area contributed by atoms with E-state index in [4.69, 9.17) is 4.74 Å². The highest BCUT2D eigenvalue weighted by Crippen LogP contribution is 2.15. The van der Waals surface area contributed by atoms with Crippen molar-refractivity contribution in [2.75, 3.05) is 13.2 Å². The average Bonchev–Trinajstić information content (AvgIpc) is 2.65. The van der Waals surface area contributed by atoms with E-state index in [0.29, 0.717) is 12.1 Å². The number of nitrogens with zero attached hydrogens (tertiary/aromatic N) is 1. The fourth-order valence-electron chi connectivity index (χ4n) is 2.02. The second kappa shape index (κ2) is 5.28. The molecule has 1 fully saturated rings. The lowest BCUT2D eigenvalue weighted by Gasteiger charge is -2.20. The molecule has 1 aromatic rings. The van der Waals surface area contributed by atoms with Crippen LogP contribution in [0.2, 0.25) is 0 Å². The van der Waals surface area contributed by atoms with E-state index in [1.54, 1.807) is 0 Å². The van der Waals surface area contributed by atoms with E-state index in [-0.39, 0.29) is 0 Å². The summed E-state index contributed by atoms with van der Waals surface area (Å²) in [6, 6.07) is 0.948. The van der Waals surface area contributed by atoms with E-state index in [1.165, 1.54) is 12.0 Å². The molecule has 4 heteroatoms. The molecule has 84 valence electrons. The zero-order valence-corrected chi connectivity index (χ0v) is 9.20. The minimum Gasteiger partial charge on any atom is -0.381 e. The van der Waals surface area contributed by atoms with Crippen LogP contribution in [0.4, 0.5) is 0 Å². The molecule has 0 saturated carbocycles. The Balaban J connectivity index is 1.84. The SMILES string of the molecule is CC(NC1CCCOCC1)c1cn[nH]c1. The molecule has 2 N–H and O–H groups in total. The first-order chi connectivity index (χ1) is 7.36. The zero-order chi connectivity index (χ0) is 10.5. The van der Waals surface area contributed by atoms with Crippen LogP contribution in [0.3, 0.4) is 0 Å². The summed E-state index contributed by atoms with van der Waals surface area (Å²) < 4.78 is 5.44. The van der Waals surface area contributed by atoms with Crippen molar-refractivity contribution in [2.45, 2.75) is 38.3 Å². The Morgan fingerprint density at radius 2 is 2.47 bits per heavy atom. The second-order valence-corrected chi connectivity index (χ2v) is 4.16. The van der Waals surface area contributed by atoms with Crippen molar-refractivity contribution in [1.29, 1.82) is 0 Å². The summed E-state index contributed by atoms with van der Waals surface area (Å²) in [4.78, 5) is 0. The van der Waals surface area contributed by atoms with Crippen molar-refractivity contribution in [1.82, 2.24) is 15.5 Å². The van der Waals surface area contributed by atoms with Crippen LogP contribution in [0, 0.1) is 0 Å². The number of aromatic nitrogens is 2. The third-order valence-electron chi connectivity index (χ3n) is 2.96. The number of hydrogen-bond donors (Lipinski definition) is 2. The average molecular weight is 209 g/mol. The summed E-state index contributed by atoms with van der Waals surface area (Å²) >= 11 is 0. The maximum atomic E-state index is 5.44. The van der Waals surface area contributed by atoms with Gasteiger partial charge in [-0.3, -0.25) is 5.10 Å². The van der Waals surface area contributed by atoms with Crippen LogP contribution in [0.15, 0.2) is 12.4 Å². The Morgan fingerprint density at radius 3 is 3.27 bits per heavy atom. The first kappa shape index (κ1) is 10.6. The lowest BCUT2D eigenvalue weighted by molar-refractivity contribution is 0.142. The van der Waals surface area contributed by atoms with Crippen molar-refractivity contribution in [3.05, 3.63) is 18.0 Å². The molecular weight excluding hydrogens is 190 g/mol. The number of rotatable bonds is 3. The Bertz CT molecular complexity index is 265. The Morgan fingerprint density at radius 1 is 1.53 bits per heavy atom. The molecule has 2 atom stereocenters. The number of H-pyrrole nitrogens is 1. The molecule has 1 aliphatic rings. The van der Waals surface area contributed by atoms with Gasteiger partial charge in [-0.1, -0.05) is 0 Å². The topological polar surface area (TPSA) is 49.9 Å². The molecule has 15 heavy (non-hydrogen) atoms. The highest BCUT2D eigenvalue weighted by atomic mass is 16.5. The quantitative estimate of drug-likeness (QED) is 0.795. The maximum absolute atomic E-state index is 5.44. The molecule has 0 radical (unpaired) electrons. The van der Waals surface area contributed by atoms with Crippen molar-refractivity contribution >= 4 is 0 Å². The molecule has 0 spiro atoms. The van der Waals surface area contributed by atoms with Crippen LogP contribution < -0.4 is 5.32 Å². The molecule has 4 nitrogen and oxygen atoms in total. The van der Waals surface area contributed by atoms with Crippen molar-refractivity contribution in [3.63, 3.8) is 0 Å². The molecule has 2 heterocycles. The van der Waals surface area contributed by atoms with E-state index in [2.05, 4.69) is 22.4 Å². The summed E-state index contributed by atoms with van der Waals surface area (Å²) in [5.41, 5.74) is 1.22. The normalized spacial score (nSPS) is 24.7. The molecule has 1 aromatic heterocycles. The first-order valence-corrected chi connectivity index (χ1v) is 5.69. The molecule has 0 aromatic carbocycles. The van der Waals surface area contributed by atoms with Gasteiger partial charge in [-0.25, -0.2) is 0 Å². The van der Waals surface area contributed by atoms with Crippen LogP contribution in [0.1, 0.15) is 37.8 Å². The van der Waals surface area contributed by atoms with Gasteiger partial charge < -0.3 is 10.1 Å². The van der Waals surface area contributed by atoms with Crippen LogP contribution in [0.5, 0.6) is 0 Å². The van der Waals surface area contributed by atoms with E-state index in [0.717, 1.165) is 26.1 Å². The Labute approximate surface area is 90.4 Å². The summed E-state index contributed by atoms with van der Waals surface area (Å²) in [5, 5.41) is 10.4. The summed E-state index contributed by atoms with van der Waals surface area (Å²) in [6.45, 7) is 3.98. The highest BCUT2D eigenvalue weighted by molar-refractivity contribution is 5.08. The van der Waals surface area contributed by atoms with E-state index in [1.807, 2.05) is 12.4 Å². The lowest BCUT2D eigenvalue weighted by atomic mass is 10.1. The number of nitrogens with one attached hydrogen (secondary N) is 2. The van der Waals surface area contributed by atoms with Gasteiger partial charge in [-0.2, -0.15) is 5.10 Å². The van der Waals surface area contributed by atoms with Gasteiger partial charge in [0.2, 0.25) is 0 Å². The minimum absolute atomic E-state index is 0.367. The van der Waals surface area contributed by atoms with Gasteiger partial charge in [0.05, 0.1) is 6.20 Å². The molecule has 0 bridgehead atoms. The predicted octanol–water partition coefficient (Wildman–Crippen LogP) is 1.63. The van der Waals surface area contributed by atoms with Crippen LogP contribution in [-0.2, 0) is 4.74 Å². The van der Waals surface area contributed by atoms with Gasteiger partial charge in [-0.15, -0.1) is 0 Å². The molecule has 1 saturated heterocycles. The number of hydrogen-bond acceptors (Lipinski definition) is 3. The van der Waals surface area contributed by atoms with Gasteiger partial charge in [0.1, 0.15) is 0 Å². The van der Waals surface area contributed by atoms with Gasteiger partial charge >= 0.3 is 0 Å². The first-order valence-electron chi connectivity index (χ1n) is 5.69. The number of ether oxygens (including phenoxy) is 1. The van der Waals surface area contributed by atoms with Gasteiger partial charge in [0, 0.05) is 37.1 Å². The molecule has 0 amide bonds. The lowest BCUT2D eigenvalue weighted by Crippen LogP contribution is -2.31. The maximum Gasteiger partial charge on any atom is 0.0534 e. The fraction of sp³-hybridized carbons (Fsp3) is 0.727. The summed E-state index contributed by atoms with van der Waals surface area (Å²) in [7, 11) is 0. The predicted molar refractivity (Wildman–Crippen MR) is 58.6 cm³/mol. The number of aromatic amines is 1. The van der Waals surface area contributed by atoms with Crippen LogP contribution in [-0.4, -0.2) is 29.5 Å². The zero-order valence-electron chi connectivity index (χ0n) is 9.20. The largest absolute Gasteiger partial charge is 0.381 e. The van der Waals surface area contributed by atoms with Crippen LogP contribution >= 0.6 is 0 Å². The molecule has 1 aliphatic heterocycles. The molecular formula is C11H19N3O.